The summed E-state index contributed by atoms with van der Waals surface area (Å²) in [5.74, 6) is -2.84. The van der Waals surface area contributed by atoms with Crippen molar-refractivity contribution in [3.05, 3.63) is 58.7 Å². The van der Waals surface area contributed by atoms with Gasteiger partial charge in [0.1, 0.15) is 0 Å². The molecule has 0 aliphatic heterocycles. The molecule has 0 fully saturated rings. The van der Waals surface area contributed by atoms with Crippen LogP contribution in [0.1, 0.15) is 61.8 Å². The number of carbonyl (C=O) groups is 2. The van der Waals surface area contributed by atoms with E-state index >= 15 is 0 Å². The number of esters is 2. The Hall–Kier alpha value is -3.02. The third kappa shape index (κ3) is 3.20. The SMILES string of the molecule is CC(C)OC(=O)[C@H]1[C@@H]2c3ccc(N)cc3[C@@H](c3ccc(N)cc32)[C@@H]1C(=O)OC(C)C. The van der Waals surface area contributed by atoms with E-state index in [9.17, 15) is 9.59 Å². The maximum absolute atomic E-state index is 13.3. The predicted octanol–water partition coefficient (Wildman–Crippen LogP) is 3.58. The first kappa shape index (κ1) is 20.3. The first-order valence-corrected chi connectivity index (χ1v) is 10.4. The Bertz CT molecular complexity index is 933. The molecule has 0 aromatic heterocycles. The molecule has 0 spiro atoms. The number of ether oxygens (including phenoxy) is 2. The molecule has 4 N–H and O–H groups in total. The molecule has 0 saturated carbocycles. The van der Waals surface area contributed by atoms with Gasteiger partial charge in [0.25, 0.3) is 0 Å². The van der Waals surface area contributed by atoms with Crippen molar-refractivity contribution in [1.82, 2.24) is 0 Å². The molecule has 0 amide bonds. The fourth-order valence-corrected chi connectivity index (χ4v) is 5.00. The smallest absolute Gasteiger partial charge is 0.311 e. The van der Waals surface area contributed by atoms with Crippen LogP contribution in [0.15, 0.2) is 36.4 Å². The van der Waals surface area contributed by atoms with Gasteiger partial charge in [0.15, 0.2) is 0 Å². The van der Waals surface area contributed by atoms with Gasteiger partial charge in [-0.25, -0.2) is 0 Å². The summed E-state index contributed by atoms with van der Waals surface area (Å²) in [5, 5.41) is 0. The summed E-state index contributed by atoms with van der Waals surface area (Å²) in [6.07, 6.45) is -0.572. The van der Waals surface area contributed by atoms with Gasteiger partial charge in [-0.05, 0) is 74.2 Å². The molecule has 0 radical (unpaired) electrons. The van der Waals surface area contributed by atoms with E-state index in [1.165, 1.54) is 0 Å². The first-order chi connectivity index (χ1) is 14.2. The van der Waals surface area contributed by atoms with E-state index in [0.29, 0.717) is 11.4 Å². The van der Waals surface area contributed by atoms with Gasteiger partial charge in [-0.1, -0.05) is 12.1 Å². The number of nitrogen functional groups attached to an aromatic ring is 2. The molecular formula is C24H28N2O4. The minimum atomic E-state index is -0.686. The second-order valence-electron chi connectivity index (χ2n) is 8.75. The fraction of sp³-hybridized carbons (Fsp3) is 0.417. The van der Waals surface area contributed by atoms with Crippen LogP contribution >= 0.6 is 0 Å². The maximum Gasteiger partial charge on any atom is 0.311 e. The molecule has 2 bridgehead atoms. The van der Waals surface area contributed by atoms with Crippen LogP contribution in [0.5, 0.6) is 0 Å². The highest BCUT2D eigenvalue weighted by Crippen LogP contribution is 2.59. The van der Waals surface area contributed by atoms with Gasteiger partial charge in [-0.2, -0.15) is 0 Å². The second kappa shape index (κ2) is 7.35. The highest BCUT2D eigenvalue weighted by molar-refractivity contribution is 5.88. The van der Waals surface area contributed by atoms with E-state index in [4.69, 9.17) is 20.9 Å². The topological polar surface area (TPSA) is 105 Å². The standard InChI is InChI=1S/C24H28N2O4/c1-11(2)29-23(27)21-19-15-7-5-14(26)10-18(15)20(22(21)24(28)30-12(3)4)16-8-6-13(25)9-17(16)19/h5-12,19-22H,25-26H2,1-4H3/t19-,20-,21+,22+/m1/s1. The molecule has 6 nitrogen and oxygen atoms in total. The molecule has 6 heteroatoms. The molecule has 158 valence electrons. The maximum atomic E-state index is 13.3. The van der Waals surface area contributed by atoms with Crippen LogP contribution in [-0.2, 0) is 19.1 Å². The van der Waals surface area contributed by atoms with Crippen molar-refractivity contribution < 1.29 is 19.1 Å². The number of carbonyl (C=O) groups excluding carboxylic acids is 2. The molecule has 3 aliphatic rings. The Kier molecular flexibility index (Phi) is 4.96. The van der Waals surface area contributed by atoms with Crippen LogP contribution < -0.4 is 11.5 Å². The van der Waals surface area contributed by atoms with Crippen LogP contribution in [0.25, 0.3) is 0 Å². The normalized spacial score (nSPS) is 23.8. The second-order valence-corrected chi connectivity index (χ2v) is 8.75. The van der Waals surface area contributed by atoms with E-state index in [-0.39, 0.29) is 36.0 Å². The lowest BCUT2D eigenvalue weighted by Crippen LogP contribution is -2.48. The molecular weight excluding hydrogens is 380 g/mol. The first-order valence-electron chi connectivity index (χ1n) is 10.4. The molecule has 0 heterocycles. The Balaban J connectivity index is 1.95. The molecule has 5 rings (SSSR count). The van der Waals surface area contributed by atoms with Crippen molar-refractivity contribution in [2.45, 2.75) is 51.7 Å². The van der Waals surface area contributed by atoms with E-state index in [1.54, 1.807) is 27.7 Å². The number of anilines is 2. The van der Waals surface area contributed by atoms with E-state index in [1.807, 2.05) is 36.4 Å². The van der Waals surface area contributed by atoms with E-state index < -0.39 is 11.8 Å². The van der Waals surface area contributed by atoms with E-state index in [2.05, 4.69) is 0 Å². The molecule has 4 atom stereocenters. The number of hydrogen-bond donors (Lipinski definition) is 2. The number of fused-ring (bicyclic) bond motifs is 1. The van der Waals surface area contributed by atoms with Crippen molar-refractivity contribution in [1.29, 1.82) is 0 Å². The fourth-order valence-electron chi connectivity index (χ4n) is 5.00. The molecule has 3 aliphatic carbocycles. The molecule has 0 saturated heterocycles. The van der Waals surface area contributed by atoms with Gasteiger partial charge in [-0.15, -0.1) is 0 Å². The number of benzene rings is 2. The monoisotopic (exact) mass is 408 g/mol. The zero-order valence-corrected chi connectivity index (χ0v) is 17.7. The van der Waals surface area contributed by atoms with Gasteiger partial charge < -0.3 is 20.9 Å². The molecule has 30 heavy (non-hydrogen) atoms. The average molecular weight is 408 g/mol. The summed E-state index contributed by atoms with van der Waals surface area (Å²) in [4.78, 5) is 26.6. The van der Waals surface area contributed by atoms with Crippen molar-refractivity contribution >= 4 is 23.3 Å². The zero-order valence-electron chi connectivity index (χ0n) is 17.7. The quantitative estimate of drug-likeness (QED) is 0.592. The third-order valence-corrected chi connectivity index (χ3v) is 5.92. The van der Waals surface area contributed by atoms with Crippen molar-refractivity contribution in [2.24, 2.45) is 11.8 Å². The van der Waals surface area contributed by atoms with Gasteiger partial charge in [0, 0.05) is 23.2 Å². The minimum absolute atomic E-state index is 0.286. The Morgan fingerprint density at radius 1 is 0.700 bits per heavy atom. The number of hydrogen-bond acceptors (Lipinski definition) is 6. The van der Waals surface area contributed by atoms with Crippen molar-refractivity contribution in [2.75, 3.05) is 11.5 Å². The van der Waals surface area contributed by atoms with Crippen LogP contribution in [0, 0.1) is 11.8 Å². The summed E-state index contributed by atoms with van der Waals surface area (Å²) >= 11 is 0. The van der Waals surface area contributed by atoms with Crippen LogP contribution in [-0.4, -0.2) is 24.1 Å². The molecule has 2 aromatic carbocycles. The highest BCUT2D eigenvalue weighted by Gasteiger charge is 2.56. The van der Waals surface area contributed by atoms with Crippen LogP contribution in [0.2, 0.25) is 0 Å². The lowest BCUT2D eigenvalue weighted by atomic mass is 9.54. The highest BCUT2D eigenvalue weighted by atomic mass is 16.6. The molecule has 2 aromatic rings. The van der Waals surface area contributed by atoms with Gasteiger partial charge in [0.05, 0.1) is 24.0 Å². The molecule has 0 unspecified atom stereocenters. The Labute approximate surface area is 176 Å². The summed E-state index contributed by atoms with van der Waals surface area (Å²) in [6.45, 7) is 7.23. The Morgan fingerprint density at radius 2 is 1.07 bits per heavy atom. The predicted molar refractivity (Wildman–Crippen MR) is 115 cm³/mol. The Morgan fingerprint density at radius 3 is 1.40 bits per heavy atom. The van der Waals surface area contributed by atoms with Crippen LogP contribution in [0.4, 0.5) is 11.4 Å². The van der Waals surface area contributed by atoms with Gasteiger partial charge >= 0.3 is 11.9 Å². The van der Waals surface area contributed by atoms with Crippen molar-refractivity contribution in [3.8, 4) is 0 Å². The lowest BCUT2D eigenvalue weighted by Gasteiger charge is -2.48. The minimum Gasteiger partial charge on any atom is -0.463 e. The largest absolute Gasteiger partial charge is 0.463 e. The average Bonchev–Trinajstić information content (AvgIpc) is 2.65. The zero-order chi connectivity index (χ0) is 21.7. The summed E-state index contributed by atoms with van der Waals surface area (Å²) in [5.41, 5.74) is 17.3. The summed E-state index contributed by atoms with van der Waals surface area (Å²) < 4.78 is 11.2. The number of nitrogens with two attached hydrogens (primary N) is 2. The number of rotatable bonds is 4. The van der Waals surface area contributed by atoms with Crippen molar-refractivity contribution in [3.63, 3.8) is 0 Å². The lowest BCUT2D eigenvalue weighted by molar-refractivity contribution is -0.167. The summed E-state index contributed by atoms with van der Waals surface area (Å²) in [7, 11) is 0. The van der Waals surface area contributed by atoms with Crippen LogP contribution in [0.3, 0.4) is 0 Å². The third-order valence-electron chi connectivity index (χ3n) is 5.92. The van der Waals surface area contributed by atoms with Gasteiger partial charge in [0.2, 0.25) is 0 Å². The van der Waals surface area contributed by atoms with Gasteiger partial charge in [-0.3, -0.25) is 9.59 Å². The summed E-state index contributed by atoms with van der Waals surface area (Å²) in [6, 6.07) is 11.4. The van der Waals surface area contributed by atoms with E-state index in [0.717, 1.165) is 22.3 Å².